The van der Waals surface area contributed by atoms with Gasteiger partial charge in [-0.1, -0.05) is 59.7 Å². The van der Waals surface area contributed by atoms with E-state index in [1.54, 1.807) is 58.0 Å². The van der Waals surface area contributed by atoms with Crippen LogP contribution in [0, 0.1) is 60.8 Å². The normalized spacial score (nSPS) is 40.8. The maximum Gasteiger partial charge on any atom is 0.378 e. The van der Waals surface area contributed by atoms with Gasteiger partial charge in [-0.05, 0) is 48.2 Å². The van der Waals surface area contributed by atoms with Crippen LogP contribution in [0.4, 0.5) is 0 Å². The summed E-state index contributed by atoms with van der Waals surface area (Å²) in [5.41, 5.74) is -5.11. The van der Waals surface area contributed by atoms with Gasteiger partial charge in [0.2, 0.25) is 0 Å². The van der Waals surface area contributed by atoms with Crippen molar-refractivity contribution in [2.45, 2.75) is 121 Å². The summed E-state index contributed by atoms with van der Waals surface area (Å²) in [6, 6.07) is 8.43. The van der Waals surface area contributed by atoms with Crippen LogP contribution in [0.25, 0.3) is 0 Å². The summed E-state index contributed by atoms with van der Waals surface area (Å²) in [7, 11) is -4.14. The summed E-state index contributed by atoms with van der Waals surface area (Å²) in [6.45, 7) is 15.0. The summed E-state index contributed by atoms with van der Waals surface area (Å²) in [6.07, 6.45) is -5.24. The zero-order valence-electron chi connectivity index (χ0n) is 27.9. The van der Waals surface area contributed by atoms with Gasteiger partial charge in [-0.25, -0.2) is 4.79 Å². The van der Waals surface area contributed by atoms with Crippen LogP contribution in [0.2, 0.25) is 11.1 Å². The predicted octanol–water partition coefficient (Wildman–Crippen LogP) is 3.39. The molecule has 1 aromatic rings. The van der Waals surface area contributed by atoms with Crippen molar-refractivity contribution in [3.05, 3.63) is 47.0 Å². The molecule has 4 bridgehead atoms. The number of rotatable bonds is 4. The summed E-state index contributed by atoms with van der Waals surface area (Å²) >= 11 is 0. The topological polar surface area (TPSA) is 141 Å². The number of aliphatic hydroxyl groups excluding tert-OH is 1. The smallest absolute Gasteiger partial charge is 0.378 e. The van der Waals surface area contributed by atoms with Gasteiger partial charge in [0.15, 0.2) is 5.78 Å². The molecule has 46 heavy (non-hydrogen) atoms. The minimum Gasteiger partial charge on any atom is -0.455 e. The van der Waals surface area contributed by atoms with Crippen LogP contribution in [0.1, 0.15) is 78.6 Å². The van der Waals surface area contributed by atoms with Gasteiger partial charge in [0.25, 0.3) is 0 Å². The zero-order chi connectivity index (χ0) is 32.9. The molecule has 0 spiro atoms. The molecule has 2 saturated carbocycles. The van der Waals surface area contributed by atoms with E-state index in [1.807, 2.05) is 27.7 Å². The molecule has 6 rings (SSSR count). The Balaban J connectivity index is 0.00000417. The monoisotopic (exact) mass is 885 g/mol. The van der Waals surface area contributed by atoms with E-state index in [-0.39, 0.29) is 85.9 Å². The first-order valence-corrected chi connectivity index (χ1v) is 18.8. The Morgan fingerprint density at radius 2 is 1.61 bits per heavy atom. The van der Waals surface area contributed by atoms with Crippen LogP contribution in [-0.2, 0) is 27.2 Å². The van der Waals surface area contributed by atoms with Crippen molar-refractivity contribution < 1.29 is 91.4 Å². The van der Waals surface area contributed by atoms with E-state index in [4.69, 9.17) is 22.4 Å². The Hall–Kier alpha value is -0.305. The van der Waals surface area contributed by atoms with Crippen molar-refractivity contribution >= 4 is 30.3 Å². The molecule has 0 amide bonds. The average molecular weight is 886 g/mol. The Morgan fingerprint density at radius 1 is 1.00 bits per heavy atom. The summed E-state index contributed by atoms with van der Waals surface area (Å²) < 4.78 is 32.7. The van der Waals surface area contributed by atoms with Crippen molar-refractivity contribution in [2.75, 3.05) is 6.61 Å². The molecule has 5 aliphatic rings. The number of carbonyl (C=O) groups is 2. The Bertz CT molecular complexity index is 1390. The van der Waals surface area contributed by atoms with Gasteiger partial charge >= 0.3 is 24.5 Å². The fourth-order valence-corrected chi connectivity index (χ4v) is 13.1. The number of Topliss-reactive ketones (excluding diaryl/α,β-unsaturated/α-hetero) is 1. The molecule has 4 fully saturated rings. The standard InChI is InChI=1S/C33H46O10Si2.Ac/c1-17(2)44-41-22-14-23-32(37,16-39-23)26-28(40-29(36)20-12-10-9-11-13-20)33(38)15-21(34)19(5)24(30(33,6)7)25(27(35)31(22,26)8)42-45(43-44)18(3)4;/h9-13,17-18,21-23,25-26,28,34,37-38H,14-16H2,1-8H3;/t21?,22?,23?,25?,26?,28-,31+,32?,33?;/m0./s1. The van der Waals surface area contributed by atoms with Crippen molar-refractivity contribution in [2.24, 2.45) is 16.7 Å². The Labute approximate surface area is 310 Å². The first kappa shape index (κ1) is 37.0. The maximum atomic E-state index is 15.4. The van der Waals surface area contributed by atoms with Crippen LogP contribution in [-0.4, -0.2) is 94.0 Å². The molecule has 1 aromatic carbocycles. The molecule has 2 aliphatic heterocycles. The molecule has 2 saturated heterocycles. The summed E-state index contributed by atoms with van der Waals surface area (Å²) in [4.78, 5) is 29.3. The van der Waals surface area contributed by atoms with E-state index in [2.05, 4.69) is 0 Å². The van der Waals surface area contributed by atoms with E-state index in [0.29, 0.717) is 11.1 Å². The molecule has 10 nitrogen and oxygen atoms in total. The number of aliphatic hydroxyl groups is 3. The molecule has 3 aliphatic carbocycles. The molecule has 3 radical (unpaired) electrons. The predicted molar refractivity (Wildman–Crippen MR) is 166 cm³/mol. The van der Waals surface area contributed by atoms with Gasteiger partial charge in [0.05, 0.1) is 35.9 Å². The number of benzene rings is 1. The molecule has 9 atom stereocenters. The largest absolute Gasteiger partial charge is 0.455 e. The molecule has 0 aromatic heterocycles. The molecule has 249 valence electrons. The third-order valence-electron chi connectivity index (χ3n) is 11.2. The molecule has 2 heterocycles. The zero-order valence-corrected chi connectivity index (χ0v) is 34.6. The quantitative estimate of drug-likeness (QED) is 0.235. The molecular weight excluding hydrogens is 840 g/mol. The van der Waals surface area contributed by atoms with Crippen molar-refractivity contribution in [1.82, 2.24) is 0 Å². The average Bonchev–Trinajstić information content (AvgIpc) is 3.01. The van der Waals surface area contributed by atoms with Crippen LogP contribution < -0.4 is 0 Å². The first-order valence-electron chi connectivity index (χ1n) is 16.0. The van der Waals surface area contributed by atoms with Gasteiger partial charge in [-0.3, -0.25) is 4.79 Å². The number of hydrogen-bond acceptors (Lipinski definition) is 10. The van der Waals surface area contributed by atoms with E-state index in [9.17, 15) is 20.1 Å². The van der Waals surface area contributed by atoms with Gasteiger partial charge in [-0.15, -0.1) is 0 Å². The SMILES string of the molecule is CC1=C2C3O[Si](C(C)C)O[Si](C(C)C)OC4CC5OCC5(O)C([C@H](OC(=O)c5ccccc5)C(O)(CC1O)C2(C)C)[C@]4(C)C3=O.[Ac]. The van der Waals surface area contributed by atoms with Crippen molar-refractivity contribution in [1.29, 1.82) is 0 Å². The second kappa shape index (κ2) is 12.8. The third-order valence-corrected chi connectivity index (χ3v) is 15.7. The van der Waals surface area contributed by atoms with E-state index in [1.165, 1.54) is 0 Å². The number of ketones is 1. The molecule has 3 N–H and O–H groups in total. The van der Waals surface area contributed by atoms with Crippen LogP contribution >= 0.6 is 0 Å². The fourth-order valence-electron chi connectivity index (χ4n) is 8.40. The van der Waals surface area contributed by atoms with Crippen LogP contribution in [0.15, 0.2) is 41.5 Å². The van der Waals surface area contributed by atoms with Gasteiger partial charge in [0, 0.05) is 68.2 Å². The van der Waals surface area contributed by atoms with E-state index >= 15 is 4.79 Å². The third kappa shape index (κ3) is 5.38. The second-order valence-corrected chi connectivity index (χ2v) is 19.7. The number of ether oxygens (including phenoxy) is 2. The van der Waals surface area contributed by atoms with Gasteiger partial charge in [0.1, 0.15) is 23.4 Å². The molecule has 7 unspecified atom stereocenters. The van der Waals surface area contributed by atoms with Crippen molar-refractivity contribution in [3.8, 4) is 0 Å². The number of hydrogen-bond donors (Lipinski definition) is 3. The second-order valence-electron chi connectivity index (χ2n) is 14.9. The number of fused-ring (bicyclic) bond motifs is 6. The minimum absolute atomic E-state index is 0. The number of esters is 1. The van der Waals surface area contributed by atoms with E-state index in [0.717, 1.165) is 0 Å². The Morgan fingerprint density at radius 3 is 2.17 bits per heavy atom. The summed E-state index contributed by atoms with van der Waals surface area (Å²) in [5.74, 6) is -2.20. The van der Waals surface area contributed by atoms with E-state index < -0.39 is 83.0 Å². The fraction of sp³-hybridized carbons (Fsp3) is 0.697. The van der Waals surface area contributed by atoms with Crippen LogP contribution in [0.3, 0.4) is 0 Å². The molecule has 13 heteroatoms. The minimum atomic E-state index is -2.12. The first-order chi connectivity index (χ1) is 21.0. The van der Waals surface area contributed by atoms with Crippen molar-refractivity contribution in [3.63, 3.8) is 0 Å². The van der Waals surface area contributed by atoms with Crippen LogP contribution in [0.5, 0.6) is 0 Å². The molecular formula is C33H46AcO10Si2. The number of carbonyl (C=O) groups excluding carboxylic acids is 2. The Kier molecular flexibility index (Phi) is 10.3. The maximum absolute atomic E-state index is 15.4. The summed E-state index contributed by atoms with van der Waals surface area (Å²) in [5, 5.41) is 37.1. The van der Waals surface area contributed by atoms with Gasteiger partial charge < -0.3 is 37.8 Å². The van der Waals surface area contributed by atoms with Gasteiger partial charge in [-0.2, -0.15) is 0 Å².